The van der Waals surface area contributed by atoms with Crippen LogP contribution >= 0.6 is 11.6 Å². The lowest BCUT2D eigenvalue weighted by molar-refractivity contribution is 0.372. The van der Waals surface area contributed by atoms with E-state index in [0.29, 0.717) is 0 Å². The first kappa shape index (κ1) is 21.2. The highest BCUT2D eigenvalue weighted by molar-refractivity contribution is 6.30. The van der Waals surface area contributed by atoms with Crippen LogP contribution in [0.4, 0.5) is 5.69 Å². The number of piperazine rings is 1. The molecule has 0 bridgehead atoms. The largest absolute Gasteiger partial charge is 0.368 e. The van der Waals surface area contributed by atoms with Crippen molar-refractivity contribution in [1.29, 1.82) is 0 Å². The summed E-state index contributed by atoms with van der Waals surface area (Å²) in [5, 5.41) is 4.24. The summed E-state index contributed by atoms with van der Waals surface area (Å²) in [5.74, 6) is 0.948. The predicted octanol–water partition coefficient (Wildman–Crippen LogP) is 2.99. The van der Waals surface area contributed by atoms with Gasteiger partial charge in [-0.15, -0.1) is 0 Å². The Kier molecular flexibility index (Phi) is 7.58. The van der Waals surface area contributed by atoms with Gasteiger partial charge in [0.25, 0.3) is 0 Å². The minimum atomic E-state index is 0.0593. The zero-order valence-electron chi connectivity index (χ0n) is 17.3. The SMILES string of the molecule is CN=C(NCCCCn1ccccc1=O)N1CCN(c2cc(Cl)ccc2C)CC1. The molecule has 2 aromatic rings. The first-order chi connectivity index (χ1) is 14.1. The topological polar surface area (TPSA) is 52.9 Å². The molecule has 1 aliphatic rings. The molecular formula is C22H30ClN5O. The summed E-state index contributed by atoms with van der Waals surface area (Å²) >= 11 is 6.18. The highest BCUT2D eigenvalue weighted by Crippen LogP contribution is 2.25. The van der Waals surface area contributed by atoms with Crippen LogP contribution < -0.4 is 15.8 Å². The maximum Gasteiger partial charge on any atom is 0.250 e. The second-order valence-electron chi connectivity index (χ2n) is 7.32. The van der Waals surface area contributed by atoms with Crippen molar-refractivity contribution in [3.8, 4) is 0 Å². The van der Waals surface area contributed by atoms with E-state index in [2.05, 4.69) is 39.2 Å². The van der Waals surface area contributed by atoms with Gasteiger partial charge in [0.05, 0.1) is 0 Å². The van der Waals surface area contributed by atoms with E-state index in [1.54, 1.807) is 16.7 Å². The zero-order chi connectivity index (χ0) is 20.6. The number of aryl methyl sites for hydroxylation is 2. The van der Waals surface area contributed by atoms with E-state index in [0.717, 1.165) is 63.1 Å². The molecule has 0 spiro atoms. The van der Waals surface area contributed by atoms with Gasteiger partial charge in [-0.05, 0) is 43.5 Å². The molecule has 1 saturated heterocycles. The van der Waals surface area contributed by atoms with E-state index >= 15 is 0 Å². The number of guanidine groups is 1. The minimum Gasteiger partial charge on any atom is -0.368 e. The first-order valence-corrected chi connectivity index (χ1v) is 10.6. The number of unbranched alkanes of at least 4 members (excludes halogenated alkanes) is 1. The summed E-state index contributed by atoms with van der Waals surface area (Å²) in [5.41, 5.74) is 2.53. The van der Waals surface area contributed by atoms with Crippen LogP contribution in [0.25, 0.3) is 0 Å². The van der Waals surface area contributed by atoms with Crippen molar-refractivity contribution in [2.24, 2.45) is 4.99 Å². The Morgan fingerprint density at radius 3 is 2.66 bits per heavy atom. The molecule has 1 aliphatic heterocycles. The minimum absolute atomic E-state index is 0.0593. The van der Waals surface area contributed by atoms with Crippen molar-refractivity contribution in [1.82, 2.24) is 14.8 Å². The van der Waals surface area contributed by atoms with Crippen molar-refractivity contribution >= 4 is 23.2 Å². The summed E-state index contributed by atoms with van der Waals surface area (Å²) < 4.78 is 1.76. The summed E-state index contributed by atoms with van der Waals surface area (Å²) in [4.78, 5) is 20.9. The van der Waals surface area contributed by atoms with E-state index in [-0.39, 0.29) is 5.56 Å². The third-order valence-electron chi connectivity index (χ3n) is 5.31. The molecule has 156 valence electrons. The molecule has 7 heteroatoms. The maximum absolute atomic E-state index is 11.7. The van der Waals surface area contributed by atoms with Gasteiger partial charge in [-0.25, -0.2) is 0 Å². The van der Waals surface area contributed by atoms with Crippen LogP contribution in [0.3, 0.4) is 0 Å². The molecule has 0 atom stereocenters. The van der Waals surface area contributed by atoms with Gasteiger partial charge < -0.3 is 19.7 Å². The fourth-order valence-corrected chi connectivity index (χ4v) is 3.83. The van der Waals surface area contributed by atoms with Gasteiger partial charge in [-0.3, -0.25) is 9.79 Å². The number of aromatic nitrogens is 1. The van der Waals surface area contributed by atoms with Crippen molar-refractivity contribution in [2.45, 2.75) is 26.3 Å². The highest BCUT2D eigenvalue weighted by atomic mass is 35.5. The lowest BCUT2D eigenvalue weighted by Gasteiger charge is -2.38. The van der Waals surface area contributed by atoms with Crippen LogP contribution in [0.5, 0.6) is 0 Å². The molecule has 0 amide bonds. The zero-order valence-corrected chi connectivity index (χ0v) is 18.0. The Bertz CT molecular complexity index is 887. The smallest absolute Gasteiger partial charge is 0.250 e. The maximum atomic E-state index is 11.7. The molecule has 1 aromatic heterocycles. The number of rotatable bonds is 6. The summed E-state index contributed by atoms with van der Waals surface area (Å²) in [6.07, 6.45) is 3.79. The second kappa shape index (κ2) is 10.3. The van der Waals surface area contributed by atoms with Gasteiger partial charge in [-0.2, -0.15) is 0 Å². The van der Waals surface area contributed by atoms with Gasteiger partial charge >= 0.3 is 0 Å². The number of hydrogen-bond donors (Lipinski definition) is 1. The number of anilines is 1. The molecular weight excluding hydrogens is 386 g/mol. The van der Waals surface area contributed by atoms with Crippen LogP contribution in [-0.2, 0) is 6.54 Å². The Morgan fingerprint density at radius 2 is 1.93 bits per heavy atom. The summed E-state index contributed by atoms with van der Waals surface area (Å²) in [6, 6.07) is 11.3. The quantitative estimate of drug-likeness (QED) is 0.447. The Hall–Kier alpha value is -2.47. The van der Waals surface area contributed by atoms with Crippen LogP contribution in [0, 0.1) is 6.92 Å². The average molecular weight is 416 g/mol. The number of nitrogens with one attached hydrogen (secondary N) is 1. The van der Waals surface area contributed by atoms with E-state index in [9.17, 15) is 4.79 Å². The molecule has 6 nitrogen and oxygen atoms in total. The normalized spacial score (nSPS) is 14.9. The molecule has 0 radical (unpaired) electrons. The monoisotopic (exact) mass is 415 g/mol. The molecule has 29 heavy (non-hydrogen) atoms. The third kappa shape index (κ3) is 5.76. The van der Waals surface area contributed by atoms with Crippen molar-refractivity contribution in [3.05, 3.63) is 63.5 Å². The number of benzene rings is 1. The Balaban J connectivity index is 1.43. The fourth-order valence-electron chi connectivity index (χ4n) is 3.67. The molecule has 0 unspecified atom stereocenters. The predicted molar refractivity (Wildman–Crippen MR) is 121 cm³/mol. The van der Waals surface area contributed by atoms with Crippen LogP contribution in [-0.4, -0.2) is 55.2 Å². The Morgan fingerprint density at radius 1 is 1.14 bits per heavy atom. The van der Waals surface area contributed by atoms with Gasteiger partial charge in [0.1, 0.15) is 0 Å². The van der Waals surface area contributed by atoms with E-state index < -0.39 is 0 Å². The third-order valence-corrected chi connectivity index (χ3v) is 5.55. The summed E-state index contributed by atoms with van der Waals surface area (Å²) in [7, 11) is 1.83. The van der Waals surface area contributed by atoms with E-state index in [1.165, 1.54) is 11.3 Å². The summed E-state index contributed by atoms with van der Waals surface area (Å²) in [6.45, 7) is 7.45. The number of pyridine rings is 1. The molecule has 3 rings (SSSR count). The second-order valence-corrected chi connectivity index (χ2v) is 7.75. The van der Waals surface area contributed by atoms with Crippen molar-refractivity contribution in [2.75, 3.05) is 44.7 Å². The van der Waals surface area contributed by atoms with Crippen molar-refractivity contribution < 1.29 is 0 Å². The van der Waals surface area contributed by atoms with Crippen LogP contribution in [0.1, 0.15) is 18.4 Å². The molecule has 2 heterocycles. The van der Waals surface area contributed by atoms with Crippen molar-refractivity contribution in [3.63, 3.8) is 0 Å². The van der Waals surface area contributed by atoms with E-state index in [1.807, 2.05) is 25.4 Å². The lowest BCUT2D eigenvalue weighted by atomic mass is 10.1. The standard InChI is InChI=1S/C22H30ClN5O/c1-18-8-9-19(23)17-20(18)26-13-15-28(16-14-26)22(24-2)25-10-4-6-12-27-11-5-3-7-21(27)29/h3,5,7-9,11,17H,4,6,10,12-16H2,1-2H3,(H,24,25). The van der Waals surface area contributed by atoms with Gasteiger partial charge in [0.2, 0.25) is 5.56 Å². The van der Waals surface area contributed by atoms with Crippen LogP contribution in [0.15, 0.2) is 52.4 Å². The van der Waals surface area contributed by atoms with Gasteiger partial charge in [-0.1, -0.05) is 23.7 Å². The fraction of sp³-hybridized carbons (Fsp3) is 0.455. The average Bonchev–Trinajstić information content (AvgIpc) is 2.74. The highest BCUT2D eigenvalue weighted by Gasteiger charge is 2.20. The number of halogens is 1. The Labute approximate surface area is 177 Å². The molecule has 1 aromatic carbocycles. The number of hydrogen-bond acceptors (Lipinski definition) is 3. The van der Waals surface area contributed by atoms with E-state index in [4.69, 9.17) is 11.6 Å². The molecule has 1 N–H and O–H groups in total. The van der Waals surface area contributed by atoms with Gasteiger partial charge in [0.15, 0.2) is 5.96 Å². The van der Waals surface area contributed by atoms with Crippen LogP contribution in [0.2, 0.25) is 5.02 Å². The first-order valence-electron chi connectivity index (χ1n) is 10.2. The number of aliphatic imine (C=N–C) groups is 1. The lowest BCUT2D eigenvalue weighted by Crippen LogP contribution is -2.52. The molecule has 0 aliphatic carbocycles. The van der Waals surface area contributed by atoms with Gasteiger partial charge in [0, 0.05) is 69.3 Å². The molecule has 1 fully saturated rings. The molecule has 0 saturated carbocycles. The number of nitrogens with zero attached hydrogens (tertiary/aromatic N) is 4.